The zero-order valence-electron chi connectivity index (χ0n) is 17.1. The molecule has 0 bridgehead atoms. The Balaban J connectivity index is 1.35. The van der Waals surface area contributed by atoms with Crippen molar-refractivity contribution in [1.82, 2.24) is 24.4 Å². The van der Waals surface area contributed by atoms with Crippen LogP contribution in [0.1, 0.15) is 23.2 Å². The summed E-state index contributed by atoms with van der Waals surface area (Å²) in [5.74, 6) is 0.460. The molecule has 5 rings (SSSR count). The Labute approximate surface area is 174 Å². The van der Waals surface area contributed by atoms with Crippen molar-refractivity contribution in [3.63, 3.8) is 0 Å². The summed E-state index contributed by atoms with van der Waals surface area (Å²) in [5.41, 5.74) is 3.12. The SMILES string of the molecule is CN(C)C1CN(C(=O)c2ccc(-c3cccc4nc(NC(=O)C5CC5)nn34)cc2)C1. The van der Waals surface area contributed by atoms with Crippen LogP contribution in [-0.2, 0) is 4.79 Å². The van der Waals surface area contributed by atoms with E-state index in [2.05, 4.69) is 20.3 Å². The molecule has 1 N–H and O–H groups in total. The molecule has 2 aliphatic rings. The molecule has 0 radical (unpaired) electrons. The van der Waals surface area contributed by atoms with Crippen molar-refractivity contribution >= 4 is 23.4 Å². The number of benzene rings is 1. The van der Waals surface area contributed by atoms with Crippen LogP contribution in [-0.4, -0.2) is 69.4 Å². The van der Waals surface area contributed by atoms with Crippen LogP contribution in [0.15, 0.2) is 42.5 Å². The summed E-state index contributed by atoms with van der Waals surface area (Å²) in [5, 5.41) is 7.26. The van der Waals surface area contributed by atoms with Gasteiger partial charge in [0.2, 0.25) is 11.9 Å². The molecule has 3 aromatic rings. The Hall–Kier alpha value is -3.26. The number of amides is 2. The number of aromatic nitrogens is 3. The molecule has 2 amide bonds. The summed E-state index contributed by atoms with van der Waals surface area (Å²) in [6.45, 7) is 1.53. The van der Waals surface area contributed by atoms with Crippen molar-refractivity contribution in [2.24, 2.45) is 5.92 Å². The number of rotatable bonds is 5. The maximum atomic E-state index is 12.7. The van der Waals surface area contributed by atoms with Crippen molar-refractivity contribution < 1.29 is 9.59 Å². The summed E-state index contributed by atoms with van der Waals surface area (Å²) in [6, 6.07) is 13.7. The molecule has 0 spiro atoms. The van der Waals surface area contributed by atoms with E-state index in [4.69, 9.17) is 0 Å². The van der Waals surface area contributed by atoms with Crippen LogP contribution in [0.3, 0.4) is 0 Å². The third-order valence-electron chi connectivity index (χ3n) is 5.85. The van der Waals surface area contributed by atoms with Gasteiger partial charge < -0.3 is 9.80 Å². The largest absolute Gasteiger partial charge is 0.335 e. The molecule has 0 atom stereocenters. The first-order valence-electron chi connectivity index (χ1n) is 10.2. The lowest BCUT2D eigenvalue weighted by atomic mass is 10.0. The first kappa shape index (κ1) is 18.7. The highest BCUT2D eigenvalue weighted by Gasteiger charge is 2.32. The normalized spacial score (nSPS) is 16.7. The van der Waals surface area contributed by atoms with Gasteiger partial charge in [-0.25, -0.2) is 4.52 Å². The molecular weight excluding hydrogens is 380 g/mol. The number of carbonyl (C=O) groups is 2. The van der Waals surface area contributed by atoms with Gasteiger partial charge in [-0.2, -0.15) is 4.98 Å². The number of anilines is 1. The molecule has 3 heterocycles. The third kappa shape index (κ3) is 3.43. The Kier molecular flexibility index (Phi) is 4.51. The van der Waals surface area contributed by atoms with E-state index < -0.39 is 0 Å². The van der Waals surface area contributed by atoms with Crippen molar-refractivity contribution in [2.75, 3.05) is 32.5 Å². The van der Waals surface area contributed by atoms with Gasteiger partial charge in [-0.05, 0) is 51.2 Å². The standard InChI is InChI=1S/C22H24N6O2/c1-26(2)17-12-27(13-17)21(30)16-10-6-14(7-11-16)18-4-3-5-19-23-22(25-28(18)19)24-20(29)15-8-9-15/h3-7,10-11,15,17H,8-9,12-13H2,1-2H3,(H,24,25,29). The van der Waals surface area contributed by atoms with Crippen molar-refractivity contribution in [3.05, 3.63) is 48.0 Å². The minimum atomic E-state index is -0.0159. The highest BCUT2D eigenvalue weighted by atomic mass is 16.2. The Morgan fingerprint density at radius 1 is 1.07 bits per heavy atom. The number of fused-ring (bicyclic) bond motifs is 1. The molecule has 1 saturated heterocycles. The van der Waals surface area contributed by atoms with Crippen molar-refractivity contribution in [1.29, 1.82) is 0 Å². The molecular formula is C22H24N6O2. The summed E-state index contributed by atoms with van der Waals surface area (Å²) >= 11 is 0. The minimum Gasteiger partial charge on any atom is -0.335 e. The maximum Gasteiger partial charge on any atom is 0.253 e. The topological polar surface area (TPSA) is 82.8 Å². The van der Waals surface area contributed by atoms with Gasteiger partial charge in [0, 0.05) is 36.2 Å². The second kappa shape index (κ2) is 7.21. The van der Waals surface area contributed by atoms with Gasteiger partial charge in [0.05, 0.1) is 5.69 Å². The number of nitrogens with one attached hydrogen (secondary N) is 1. The fourth-order valence-electron chi connectivity index (χ4n) is 3.65. The first-order chi connectivity index (χ1) is 14.5. The molecule has 0 unspecified atom stereocenters. The second-order valence-electron chi connectivity index (χ2n) is 8.28. The number of likely N-dealkylation sites (tertiary alicyclic amines) is 1. The molecule has 2 aromatic heterocycles. The quantitative estimate of drug-likeness (QED) is 0.704. The van der Waals surface area contributed by atoms with Crippen LogP contribution in [0, 0.1) is 5.92 Å². The molecule has 1 aliphatic heterocycles. The predicted molar refractivity (Wildman–Crippen MR) is 113 cm³/mol. The van der Waals surface area contributed by atoms with Gasteiger partial charge in [-0.15, -0.1) is 5.10 Å². The van der Waals surface area contributed by atoms with Crippen molar-refractivity contribution in [2.45, 2.75) is 18.9 Å². The molecule has 1 aromatic carbocycles. The number of hydrogen-bond donors (Lipinski definition) is 1. The van der Waals surface area contributed by atoms with Gasteiger partial charge in [0.25, 0.3) is 5.91 Å². The number of carbonyl (C=O) groups excluding carboxylic acids is 2. The van der Waals surface area contributed by atoms with E-state index in [9.17, 15) is 9.59 Å². The lowest BCUT2D eigenvalue weighted by Gasteiger charge is -2.42. The molecule has 8 nitrogen and oxygen atoms in total. The summed E-state index contributed by atoms with van der Waals surface area (Å²) < 4.78 is 1.72. The first-order valence-corrected chi connectivity index (χ1v) is 10.2. The fourth-order valence-corrected chi connectivity index (χ4v) is 3.65. The van der Waals surface area contributed by atoms with E-state index in [0.717, 1.165) is 37.2 Å². The summed E-state index contributed by atoms with van der Waals surface area (Å²) in [7, 11) is 4.07. The molecule has 154 valence electrons. The van der Waals surface area contributed by atoms with Crippen molar-refractivity contribution in [3.8, 4) is 11.3 Å². The van der Waals surface area contributed by atoms with Gasteiger partial charge in [0.1, 0.15) is 0 Å². The molecule has 2 fully saturated rings. The zero-order valence-corrected chi connectivity index (χ0v) is 17.1. The van der Waals surface area contributed by atoms with Gasteiger partial charge in [0.15, 0.2) is 5.65 Å². The van der Waals surface area contributed by atoms with Gasteiger partial charge in [-0.3, -0.25) is 14.9 Å². The van der Waals surface area contributed by atoms with E-state index in [1.807, 2.05) is 61.5 Å². The van der Waals surface area contributed by atoms with E-state index in [0.29, 0.717) is 23.2 Å². The Morgan fingerprint density at radius 2 is 1.80 bits per heavy atom. The van der Waals surface area contributed by atoms with Crippen LogP contribution in [0.25, 0.3) is 16.9 Å². The summed E-state index contributed by atoms with van der Waals surface area (Å²) in [4.78, 5) is 33.1. The smallest absolute Gasteiger partial charge is 0.253 e. The average molecular weight is 404 g/mol. The van der Waals surface area contributed by atoms with E-state index in [1.54, 1.807) is 4.52 Å². The lowest BCUT2D eigenvalue weighted by Crippen LogP contribution is -2.59. The molecule has 8 heteroatoms. The monoisotopic (exact) mass is 404 g/mol. The predicted octanol–water partition coefficient (Wildman–Crippen LogP) is 2.13. The number of likely N-dealkylation sites (N-methyl/N-ethyl adjacent to an activating group) is 1. The van der Waals surface area contributed by atoms with E-state index in [-0.39, 0.29) is 17.7 Å². The second-order valence-corrected chi connectivity index (χ2v) is 8.28. The van der Waals surface area contributed by atoms with Crippen LogP contribution < -0.4 is 5.32 Å². The number of nitrogens with zero attached hydrogens (tertiary/aromatic N) is 5. The van der Waals surface area contributed by atoms with Crippen LogP contribution in [0.4, 0.5) is 5.95 Å². The van der Waals surface area contributed by atoms with Gasteiger partial charge in [-0.1, -0.05) is 18.2 Å². The van der Waals surface area contributed by atoms with E-state index >= 15 is 0 Å². The molecule has 30 heavy (non-hydrogen) atoms. The zero-order chi connectivity index (χ0) is 20.8. The number of pyridine rings is 1. The highest BCUT2D eigenvalue weighted by Crippen LogP contribution is 2.30. The van der Waals surface area contributed by atoms with Crippen LogP contribution in [0.5, 0.6) is 0 Å². The maximum absolute atomic E-state index is 12.7. The minimum absolute atomic E-state index is 0.0159. The Bertz CT molecular complexity index is 1110. The molecule has 1 saturated carbocycles. The average Bonchev–Trinajstić information content (AvgIpc) is 3.46. The van der Waals surface area contributed by atoms with Crippen LogP contribution in [0.2, 0.25) is 0 Å². The highest BCUT2D eigenvalue weighted by molar-refractivity contribution is 5.95. The third-order valence-corrected chi connectivity index (χ3v) is 5.85. The number of hydrogen-bond acceptors (Lipinski definition) is 5. The summed E-state index contributed by atoms with van der Waals surface area (Å²) in [6.07, 6.45) is 1.87. The van der Waals surface area contributed by atoms with E-state index in [1.165, 1.54) is 0 Å². The Morgan fingerprint density at radius 3 is 2.47 bits per heavy atom. The lowest BCUT2D eigenvalue weighted by molar-refractivity contribution is -0.117. The molecule has 1 aliphatic carbocycles. The van der Waals surface area contributed by atoms with Crippen LogP contribution >= 0.6 is 0 Å². The van der Waals surface area contributed by atoms with Gasteiger partial charge >= 0.3 is 0 Å². The fraction of sp³-hybridized carbons (Fsp3) is 0.364.